The zero-order valence-electron chi connectivity index (χ0n) is 21.0. The van der Waals surface area contributed by atoms with Crippen molar-refractivity contribution in [2.24, 2.45) is 5.92 Å². The van der Waals surface area contributed by atoms with Crippen LogP contribution in [0.5, 0.6) is 0 Å². The van der Waals surface area contributed by atoms with Crippen LogP contribution < -0.4 is 15.9 Å². The average molecular weight is 473 g/mol. The van der Waals surface area contributed by atoms with Gasteiger partial charge in [0.25, 0.3) is 0 Å². The van der Waals surface area contributed by atoms with E-state index in [1.165, 1.54) is 41.3 Å². The molecule has 0 spiro atoms. The van der Waals surface area contributed by atoms with Crippen LogP contribution >= 0.6 is 7.26 Å². The zero-order chi connectivity index (χ0) is 24.0. The first-order chi connectivity index (χ1) is 16.4. The molecule has 1 aliphatic heterocycles. The van der Waals surface area contributed by atoms with Crippen LogP contribution in [-0.4, -0.2) is 29.8 Å². The molecule has 0 amide bonds. The lowest BCUT2D eigenvalue weighted by atomic mass is 9.94. The molecular formula is C31H39NOP+. The highest BCUT2D eigenvalue weighted by atomic mass is 31.2. The number of hydrogen-bond donors (Lipinski definition) is 0. The molecular weight excluding hydrogens is 433 g/mol. The second-order valence-electron chi connectivity index (χ2n) is 10.4. The Bertz CT molecular complexity index is 938. The molecule has 3 heteroatoms. The molecule has 0 bridgehead atoms. The Morgan fingerprint density at radius 2 is 1.21 bits per heavy atom. The van der Waals surface area contributed by atoms with Crippen molar-refractivity contribution in [2.75, 3.05) is 19.3 Å². The third kappa shape index (κ3) is 5.73. The van der Waals surface area contributed by atoms with E-state index in [0.717, 1.165) is 24.9 Å². The smallest absolute Gasteiger partial charge is 0.182 e. The predicted octanol–water partition coefficient (Wildman–Crippen LogP) is 6.37. The van der Waals surface area contributed by atoms with Gasteiger partial charge in [-0.25, -0.2) is 0 Å². The summed E-state index contributed by atoms with van der Waals surface area (Å²) < 4.78 is 6.04. The lowest BCUT2D eigenvalue weighted by molar-refractivity contribution is -0.00555. The minimum atomic E-state index is -1.74. The molecule has 3 aromatic rings. The molecule has 0 aromatic heterocycles. The molecule has 0 saturated carbocycles. The van der Waals surface area contributed by atoms with Crippen molar-refractivity contribution in [3.63, 3.8) is 0 Å². The van der Waals surface area contributed by atoms with Crippen LogP contribution in [0.3, 0.4) is 0 Å². The van der Waals surface area contributed by atoms with Crippen LogP contribution in [0.4, 0.5) is 0 Å². The molecule has 4 rings (SSSR count). The van der Waals surface area contributed by atoms with E-state index >= 15 is 0 Å². The van der Waals surface area contributed by atoms with Crippen molar-refractivity contribution in [2.45, 2.75) is 45.6 Å². The number of benzene rings is 3. The maximum Gasteiger partial charge on any atom is 0.182 e. The Morgan fingerprint density at radius 3 is 1.59 bits per heavy atom. The maximum absolute atomic E-state index is 6.04. The zero-order valence-corrected chi connectivity index (χ0v) is 21.9. The molecule has 2 nitrogen and oxygen atoms in total. The van der Waals surface area contributed by atoms with Gasteiger partial charge in [-0.2, -0.15) is 0 Å². The van der Waals surface area contributed by atoms with Gasteiger partial charge in [-0.3, -0.25) is 0 Å². The van der Waals surface area contributed by atoms with Crippen LogP contribution in [0.25, 0.3) is 0 Å². The standard InChI is InChI=1S/C31H39NOP/c1-26(33-31(2,3)4)32-23-20-27(21-24-32)22-25-34(28-14-8-5-9-15-28,29-16-10-6-11-17-29)30-18-12-7-13-19-30/h5-19,27H,1,20-25H2,2-4H3/q+1. The molecule has 0 aliphatic carbocycles. The Labute approximate surface area is 207 Å². The van der Waals surface area contributed by atoms with E-state index in [2.05, 4.69) is 123 Å². The van der Waals surface area contributed by atoms with Gasteiger partial charge in [0.1, 0.15) is 28.8 Å². The van der Waals surface area contributed by atoms with E-state index in [1.807, 2.05) is 0 Å². The van der Waals surface area contributed by atoms with Gasteiger partial charge in [-0.1, -0.05) is 54.6 Å². The Hall–Kier alpha value is -2.57. The number of nitrogens with zero attached hydrogens (tertiary/aromatic N) is 1. The predicted molar refractivity (Wildman–Crippen MR) is 149 cm³/mol. The number of hydrogen-bond acceptors (Lipinski definition) is 2. The van der Waals surface area contributed by atoms with Gasteiger partial charge in [0.05, 0.1) is 6.16 Å². The SMILES string of the molecule is C=C(OC(C)(C)C)N1CCC(CC[P+](c2ccccc2)(c2ccccc2)c2ccccc2)CC1. The van der Waals surface area contributed by atoms with Crippen molar-refractivity contribution in [1.82, 2.24) is 4.90 Å². The highest BCUT2D eigenvalue weighted by molar-refractivity contribution is 7.95. The van der Waals surface area contributed by atoms with E-state index in [4.69, 9.17) is 4.74 Å². The van der Waals surface area contributed by atoms with Gasteiger partial charge >= 0.3 is 0 Å². The summed E-state index contributed by atoms with van der Waals surface area (Å²) in [5.74, 6) is 1.56. The summed E-state index contributed by atoms with van der Waals surface area (Å²) in [6.45, 7) is 12.5. The molecule has 0 N–H and O–H groups in total. The van der Waals surface area contributed by atoms with Gasteiger partial charge < -0.3 is 9.64 Å². The van der Waals surface area contributed by atoms with Crippen LogP contribution in [0.2, 0.25) is 0 Å². The third-order valence-corrected chi connectivity index (χ3v) is 11.3. The van der Waals surface area contributed by atoms with Crippen molar-refractivity contribution >= 4 is 23.2 Å². The van der Waals surface area contributed by atoms with Gasteiger partial charge in [0.15, 0.2) is 5.88 Å². The van der Waals surface area contributed by atoms with E-state index in [9.17, 15) is 0 Å². The monoisotopic (exact) mass is 472 g/mol. The fourth-order valence-electron chi connectivity index (χ4n) is 5.15. The molecule has 1 aliphatic rings. The fraction of sp³-hybridized carbons (Fsp3) is 0.355. The van der Waals surface area contributed by atoms with Gasteiger partial charge in [-0.15, -0.1) is 0 Å². The van der Waals surface area contributed by atoms with Crippen molar-refractivity contribution < 1.29 is 4.74 Å². The molecule has 1 heterocycles. The minimum absolute atomic E-state index is 0.195. The van der Waals surface area contributed by atoms with Crippen LogP contribution in [0.1, 0.15) is 40.0 Å². The van der Waals surface area contributed by atoms with Crippen molar-refractivity contribution in [1.29, 1.82) is 0 Å². The number of likely N-dealkylation sites (tertiary alicyclic amines) is 1. The molecule has 1 fully saturated rings. The average Bonchev–Trinajstić information content (AvgIpc) is 2.86. The maximum atomic E-state index is 6.04. The number of ether oxygens (including phenoxy) is 1. The van der Waals surface area contributed by atoms with Gasteiger partial charge in [-0.05, 0) is 88.9 Å². The van der Waals surface area contributed by atoms with E-state index in [-0.39, 0.29) is 5.60 Å². The molecule has 1 saturated heterocycles. The van der Waals surface area contributed by atoms with Crippen molar-refractivity contribution in [3.05, 3.63) is 103 Å². The molecule has 0 unspecified atom stereocenters. The highest BCUT2D eigenvalue weighted by Gasteiger charge is 2.45. The summed E-state index contributed by atoms with van der Waals surface area (Å²) in [6.07, 6.45) is 4.85. The lowest BCUT2D eigenvalue weighted by Gasteiger charge is -2.37. The summed E-state index contributed by atoms with van der Waals surface area (Å²) in [6, 6.07) is 33.7. The second kappa shape index (κ2) is 10.8. The quantitative estimate of drug-likeness (QED) is 0.279. The van der Waals surface area contributed by atoms with Crippen molar-refractivity contribution in [3.8, 4) is 0 Å². The van der Waals surface area contributed by atoms with Crippen LogP contribution in [-0.2, 0) is 4.74 Å². The Balaban J connectivity index is 1.57. The van der Waals surface area contributed by atoms with E-state index in [1.54, 1.807) is 0 Å². The first kappa shape index (κ1) is 24.6. The largest absolute Gasteiger partial charge is 0.474 e. The molecule has 3 aromatic carbocycles. The van der Waals surface area contributed by atoms with E-state index < -0.39 is 7.26 Å². The first-order valence-corrected chi connectivity index (χ1v) is 14.5. The van der Waals surface area contributed by atoms with Gasteiger partial charge in [0, 0.05) is 13.1 Å². The fourth-order valence-corrected chi connectivity index (χ4v) is 9.61. The Kier molecular flexibility index (Phi) is 7.79. The highest BCUT2D eigenvalue weighted by Crippen LogP contribution is 2.56. The molecule has 34 heavy (non-hydrogen) atoms. The third-order valence-electron chi connectivity index (χ3n) is 6.85. The van der Waals surface area contributed by atoms with Gasteiger partial charge in [0.2, 0.25) is 0 Å². The minimum Gasteiger partial charge on any atom is -0.474 e. The molecule has 178 valence electrons. The summed E-state index contributed by atoms with van der Waals surface area (Å²) in [5.41, 5.74) is -0.195. The lowest BCUT2D eigenvalue weighted by Crippen LogP contribution is -2.37. The molecule has 0 atom stereocenters. The first-order valence-electron chi connectivity index (χ1n) is 12.6. The second-order valence-corrected chi connectivity index (χ2v) is 14.0. The number of rotatable bonds is 8. The molecule has 0 radical (unpaired) electrons. The van der Waals surface area contributed by atoms with Crippen LogP contribution in [0, 0.1) is 5.92 Å². The summed E-state index contributed by atoms with van der Waals surface area (Å²) in [7, 11) is -1.74. The summed E-state index contributed by atoms with van der Waals surface area (Å²) in [4.78, 5) is 2.33. The topological polar surface area (TPSA) is 12.5 Å². The van der Waals surface area contributed by atoms with Crippen LogP contribution in [0.15, 0.2) is 103 Å². The van der Waals surface area contributed by atoms with E-state index in [0.29, 0.717) is 0 Å². The summed E-state index contributed by atoms with van der Waals surface area (Å²) in [5, 5.41) is 4.45. The Morgan fingerprint density at radius 1 is 0.794 bits per heavy atom. The summed E-state index contributed by atoms with van der Waals surface area (Å²) >= 11 is 0. The normalized spacial score (nSPS) is 15.2. The number of piperidine rings is 1.